The van der Waals surface area contributed by atoms with Crippen LogP contribution >= 0.6 is 7.75 Å². The van der Waals surface area contributed by atoms with Crippen LogP contribution in [0.3, 0.4) is 0 Å². The summed E-state index contributed by atoms with van der Waals surface area (Å²) >= 11 is 0. The summed E-state index contributed by atoms with van der Waals surface area (Å²) in [7, 11) is -4.46. The molecule has 5 rings (SSSR count). The molecule has 48 heavy (non-hydrogen) atoms. The number of benzene rings is 2. The molecule has 3 heterocycles. The lowest BCUT2D eigenvalue weighted by Crippen LogP contribution is -2.44. The fourth-order valence-electron chi connectivity index (χ4n) is 5.28. The average molecular weight is 681 g/mol. The maximum atomic E-state index is 14.6. The summed E-state index contributed by atoms with van der Waals surface area (Å²) in [6.45, 7) is 3.59. The van der Waals surface area contributed by atoms with Crippen molar-refractivity contribution >= 4 is 30.7 Å². The van der Waals surface area contributed by atoms with E-state index in [1.807, 2.05) is 44.2 Å². The Morgan fingerprint density at radius 3 is 2.56 bits per heavy atom. The Hall–Kier alpha value is -4.38. The quantitative estimate of drug-likeness (QED) is 0.0692. The topological polar surface area (TPSA) is 173 Å². The van der Waals surface area contributed by atoms with E-state index in [0.717, 1.165) is 18.4 Å². The number of nitrogens with two attached hydrogens (primary N) is 1. The van der Waals surface area contributed by atoms with Crippen LogP contribution in [-0.2, 0) is 29.8 Å². The van der Waals surface area contributed by atoms with Gasteiger partial charge in [-0.2, -0.15) is 19.4 Å². The summed E-state index contributed by atoms with van der Waals surface area (Å²) in [5, 5.41) is 14.0. The standard InChI is InChI=1S/C33H38FN6O7P/c1-4-22(5-2)19-44-31(42)25(17-23-13-9-7-10-14-23)39-48(43,47-24-15-11-8-12-16-24)45-20-33(6-3)26(41)18-27(46-33)40-21-36-28-29(35)37-32(34)38-30(28)40/h3,7-16,21-22,25-27,41H,4-5,17-20H2,1-2H3,(H,39,43)(H2,35,37,38)/t25-,26-,27+,33+,48-/m0/s1. The van der Waals surface area contributed by atoms with E-state index in [2.05, 4.69) is 26.0 Å². The first-order chi connectivity index (χ1) is 23.1. The van der Waals surface area contributed by atoms with Crippen molar-refractivity contribution in [3.63, 3.8) is 0 Å². The molecule has 1 aliphatic rings. The summed E-state index contributed by atoms with van der Waals surface area (Å²) in [4.78, 5) is 24.9. The normalized spacial score (nSPS) is 21.1. The number of nitrogens with one attached hydrogen (secondary N) is 1. The zero-order valence-corrected chi connectivity index (χ0v) is 27.5. The lowest BCUT2D eigenvalue weighted by molar-refractivity contribution is -0.147. The van der Waals surface area contributed by atoms with Crippen LogP contribution in [-0.4, -0.2) is 61.6 Å². The van der Waals surface area contributed by atoms with Crippen molar-refractivity contribution in [3.05, 3.63) is 78.6 Å². The van der Waals surface area contributed by atoms with Crippen LogP contribution in [0.15, 0.2) is 67.0 Å². The van der Waals surface area contributed by atoms with E-state index in [1.54, 1.807) is 30.3 Å². The van der Waals surface area contributed by atoms with Gasteiger partial charge in [-0.1, -0.05) is 81.1 Å². The fourth-order valence-corrected chi connectivity index (χ4v) is 6.80. The number of aliphatic hydroxyl groups excluding tert-OH is 1. The van der Waals surface area contributed by atoms with Gasteiger partial charge in [0, 0.05) is 6.42 Å². The Bertz CT molecular complexity index is 1790. The highest BCUT2D eigenvalue weighted by Crippen LogP contribution is 2.48. The highest BCUT2D eigenvalue weighted by Gasteiger charge is 2.50. The predicted octanol–water partition coefficient (Wildman–Crippen LogP) is 4.58. The van der Waals surface area contributed by atoms with Crippen LogP contribution in [0, 0.1) is 24.3 Å². The number of terminal acetylenes is 1. The van der Waals surface area contributed by atoms with Crippen LogP contribution in [0.1, 0.15) is 44.9 Å². The molecular weight excluding hydrogens is 642 g/mol. The number of rotatable bonds is 15. The zero-order chi connectivity index (χ0) is 34.3. The number of ether oxygens (including phenoxy) is 2. The predicted molar refractivity (Wildman–Crippen MR) is 175 cm³/mol. The second kappa shape index (κ2) is 15.2. The Kier molecular flexibility index (Phi) is 11.1. The molecule has 0 saturated carbocycles. The van der Waals surface area contributed by atoms with Crippen molar-refractivity contribution in [3.8, 4) is 18.1 Å². The number of hydrogen-bond donors (Lipinski definition) is 3. The third kappa shape index (κ3) is 8.01. The van der Waals surface area contributed by atoms with E-state index >= 15 is 0 Å². The number of aliphatic hydroxyl groups is 1. The fraction of sp³-hybridized carbons (Fsp3) is 0.394. The lowest BCUT2D eigenvalue weighted by Gasteiger charge is -2.30. The number of hydrogen-bond acceptors (Lipinski definition) is 11. The Labute approximate surface area is 277 Å². The molecule has 1 aliphatic heterocycles. The van der Waals surface area contributed by atoms with Crippen LogP contribution in [0.5, 0.6) is 5.75 Å². The van der Waals surface area contributed by atoms with Crippen molar-refractivity contribution < 1.29 is 37.4 Å². The highest BCUT2D eigenvalue weighted by molar-refractivity contribution is 7.52. The molecule has 0 spiro atoms. The monoisotopic (exact) mass is 680 g/mol. The number of fused-ring (bicyclic) bond motifs is 1. The van der Waals surface area contributed by atoms with E-state index in [9.17, 15) is 18.9 Å². The van der Waals surface area contributed by atoms with Crippen LogP contribution in [0.4, 0.5) is 10.2 Å². The number of carbonyl (C=O) groups is 1. The number of imidazole rings is 1. The lowest BCUT2D eigenvalue weighted by atomic mass is 9.99. The first-order valence-electron chi connectivity index (χ1n) is 15.5. The average Bonchev–Trinajstić information content (AvgIpc) is 3.66. The van der Waals surface area contributed by atoms with Gasteiger partial charge in [0.25, 0.3) is 0 Å². The van der Waals surface area contributed by atoms with Gasteiger partial charge >= 0.3 is 19.8 Å². The molecule has 0 bridgehead atoms. The van der Waals surface area contributed by atoms with Gasteiger partial charge in [-0.25, -0.2) is 9.55 Å². The molecule has 0 amide bonds. The Morgan fingerprint density at radius 2 is 1.90 bits per heavy atom. The third-order valence-electron chi connectivity index (χ3n) is 8.20. The number of esters is 1. The SMILES string of the molecule is C#C[C@]1(CO[P@@](=O)(N[C@@H](Cc2ccccc2)C(=O)OCC(CC)CC)Oc2ccccc2)O[C@@H](n2cnc3c(N)nc(F)nc32)C[C@@H]1O. The van der Waals surface area contributed by atoms with E-state index in [4.69, 9.17) is 30.7 Å². The second-order valence-electron chi connectivity index (χ2n) is 11.4. The zero-order valence-electron chi connectivity index (χ0n) is 26.6. The summed E-state index contributed by atoms with van der Waals surface area (Å²) in [6.07, 6.45) is 5.47. The van der Waals surface area contributed by atoms with Gasteiger partial charge < -0.3 is 24.8 Å². The van der Waals surface area contributed by atoms with Gasteiger partial charge in [0.2, 0.25) is 0 Å². The van der Waals surface area contributed by atoms with Gasteiger partial charge in [-0.3, -0.25) is 13.9 Å². The van der Waals surface area contributed by atoms with Crippen LogP contribution in [0.2, 0.25) is 0 Å². The maximum Gasteiger partial charge on any atom is 0.459 e. The molecule has 2 aromatic carbocycles. The minimum atomic E-state index is -4.46. The van der Waals surface area contributed by atoms with Crippen molar-refractivity contribution in [2.45, 2.75) is 63.5 Å². The molecule has 15 heteroatoms. The van der Waals surface area contributed by atoms with Gasteiger partial charge in [0.15, 0.2) is 22.6 Å². The molecule has 1 fully saturated rings. The molecule has 5 atom stereocenters. The first-order valence-corrected chi connectivity index (χ1v) is 17.1. The van der Waals surface area contributed by atoms with Crippen molar-refractivity contribution in [1.29, 1.82) is 0 Å². The van der Waals surface area contributed by atoms with E-state index in [0.29, 0.717) is 0 Å². The van der Waals surface area contributed by atoms with E-state index in [1.165, 1.54) is 10.9 Å². The summed E-state index contributed by atoms with van der Waals surface area (Å²) in [6, 6.07) is 16.2. The second-order valence-corrected chi connectivity index (χ2v) is 13.1. The number of halogens is 1. The maximum absolute atomic E-state index is 14.6. The molecule has 4 N–H and O–H groups in total. The number of nitrogen functional groups attached to an aromatic ring is 1. The van der Waals surface area contributed by atoms with Crippen molar-refractivity contribution in [2.75, 3.05) is 18.9 Å². The largest absolute Gasteiger partial charge is 0.464 e. The van der Waals surface area contributed by atoms with Gasteiger partial charge in [0.1, 0.15) is 30.7 Å². The number of aromatic nitrogens is 4. The molecule has 0 aliphatic carbocycles. The number of nitrogens with zero attached hydrogens (tertiary/aromatic N) is 4. The van der Waals surface area contributed by atoms with Gasteiger partial charge in [-0.05, 0) is 30.0 Å². The van der Waals surface area contributed by atoms with E-state index in [-0.39, 0.29) is 48.1 Å². The summed E-state index contributed by atoms with van der Waals surface area (Å²) < 4.78 is 53.5. The summed E-state index contributed by atoms with van der Waals surface area (Å²) in [5.74, 6) is 1.96. The van der Waals surface area contributed by atoms with Gasteiger partial charge in [0.05, 0.1) is 12.9 Å². The third-order valence-corrected chi connectivity index (χ3v) is 9.75. The number of anilines is 1. The molecule has 254 valence electrons. The number of carbonyl (C=O) groups excluding carboxylic acids is 1. The first kappa shape index (κ1) is 34.9. The van der Waals surface area contributed by atoms with E-state index < -0.39 is 50.4 Å². The summed E-state index contributed by atoms with van der Waals surface area (Å²) in [5.41, 5.74) is 4.88. The minimum Gasteiger partial charge on any atom is -0.464 e. The molecule has 2 aromatic heterocycles. The minimum absolute atomic E-state index is 0.0290. The molecule has 0 radical (unpaired) electrons. The molecule has 1 saturated heterocycles. The van der Waals surface area contributed by atoms with Crippen molar-refractivity contribution in [2.24, 2.45) is 5.92 Å². The van der Waals surface area contributed by atoms with Crippen LogP contribution in [0.25, 0.3) is 11.2 Å². The molecule has 0 unspecified atom stereocenters. The molecule has 4 aromatic rings. The Morgan fingerprint density at radius 1 is 1.21 bits per heavy atom. The Balaban J connectivity index is 1.41. The smallest absolute Gasteiger partial charge is 0.459 e. The van der Waals surface area contributed by atoms with Crippen molar-refractivity contribution in [1.82, 2.24) is 24.6 Å². The number of para-hydroxylation sites is 1. The van der Waals surface area contributed by atoms with Gasteiger partial charge in [-0.15, -0.1) is 6.42 Å². The highest BCUT2D eigenvalue weighted by atomic mass is 31.2. The molecule has 13 nitrogen and oxygen atoms in total. The van der Waals surface area contributed by atoms with Crippen LogP contribution < -0.4 is 15.3 Å². The molecular formula is C33H38FN6O7P.